The van der Waals surface area contributed by atoms with Gasteiger partial charge in [0.25, 0.3) is 0 Å². The molecule has 0 heterocycles. The maximum atomic E-state index is 8.50. The Balaban J connectivity index is 0. The fraction of sp³-hybridized carbons (Fsp3) is 1.00. The van der Waals surface area contributed by atoms with Crippen LogP contribution >= 0.6 is 21.6 Å². The van der Waals surface area contributed by atoms with Crippen molar-refractivity contribution in [1.82, 2.24) is 0 Å². The lowest BCUT2D eigenvalue weighted by molar-refractivity contribution is -0.0328. The number of unbranched alkanes of at least 4 members (excludes halogenated alkanes) is 30. The van der Waals surface area contributed by atoms with Crippen molar-refractivity contribution in [1.29, 1.82) is 0 Å². The Bertz CT molecular complexity index is 480. The summed E-state index contributed by atoms with van der Waals surface area (Å²) in [7, 11) is 4.29. The predicted molar refractivity (Wildman–Crippen MR) is 215 cm³/mol. The molecule has 0 fully saturated rings. The molecule has 0 saturated heterocycles. The minimum atomic E-state index is -1.11. The highest BCUT2D eigenvalue weighted by molar-refractivity contribution is 8.76. The van der Waals surface area contributed by atoms with Crippen LogP contribution in [-0.4, -0.2) is 58.4 Å². The summed E-state index contributed by atoms with van der Waals surface area (Å²) < 4.78 is 0. The monoisotopic (exact) mass is 707 g/mol. The second-order valence-corrected chi connectivity index (χ2v) is 17.1. The Kier molecular flexibility index (Phi) is 47.1. The average molecular weight is 707 g/mol. The largest absolute Gasteiger partial charge is 0.396 e. The number of hydrogen-bond acceptors (Lipinski definition) is 6. The highest BCUT2D eigenvalue weighted by atomic mass is 33.1. The van der Waals surface area contributed by atoms with Gasteiger partial charge in [-0.25, -0.2) is 0 Å². The molecule has 0 aromatic carbocycles. The van der Waals surface area contributed by atoms with Crippen molar-refractivity contribution in [3.63, 3.8) is 0 Å². The van der Waals surface area contributed by atoms with Crippen LogP contribution < -0.4 is 0 Å². The zero-order valence-electron chi connectivity index (χ0n) is 32.0. The molecule has 4 N–H and O–H groups in total. The highest BCUT2D eigenvalue weighted by Crippen LogP contribution is 2.25. The van der Waals surface area contributed by atoms with Gasteiger partial charge in [0, 0.05) is 11.5 Å². The molecule has 6 heteroatoms. The number of aliphatic hydroxyl groups is 4. The maximum absolute atomic E-state index is 8.50. The fourth-order valence-corrected chi connectivity index (χ4v) is 8.13. The van der Waals surface area contributed by atoms with Gasteiger partial charge >= 0.3 is 0 Å². The number of rotatable bonds is 39. The first kappa shape index (κ1) is 49.7. The van der Waals surface area contributed by atoms with E-state index in [2.05, 4.69) is 35.4 Å². The summed E-state index contributed by atoms with van der Waals surface area (Å²) in [4.78, 5) is 0. The molecule has 0 bridgehead atoms. The summed E-state index contributed by atoms with van der Waals surface area (Å²) in [6.45, 7) is 2.99. The summed E-state index contributed by atoms with van der Waals surface area (Å²) in [6, 6.07) is 0. The topological polar surface area (TPSA) is 80.9 Å². The molecule has 286 valence electrons. The Hall–Kier alpha value is 0.540. The van der Waals surface area contributed by atoms with Crippen molar-refractivity contribution in [3.05, 3.63) is 0 Å². The van der Waals surface area contributed by atoms with E-state index in [1.165, 1.54) is 217 Å². The molecule has 0 atom stereocenters. The summed E-state index contributed by atoms with van der Waals surface area (Å²) in [6.07, 6.45) is 47.0. The molecule has 0 saturated carbocycles. The Labute approximate surface area is 303 Å². The van der Waals surface area contributed by atoms with Gasteiger partial charge in [-0.2, -0.15) is 0 Å². The van der Waals surface area contributed by atoms with Gasteiger partial charge in [0.15, 0.2) is 0 Å². The molecule has 0 aliphatic rings. The van der Waals surface area contributed by atoms with E-state index in [4.69, 9.17) is 20.4 Å². The first-order chi connectivity index (χ1) is 23.2. The Morgan fingerprint density at radius 3 is 0.596 bits per heavy atom. The maximum Gasteiger partial charge on any atom is 0.0627 e. The molecule has 0 radical (unpaired) electrons. The molecule has 47 heavy (non-hydrogen) atoms. The van der Waals surface area contributed by atoms with Gasteiger partial charge in [-0.15, -0.1) is 0 Å². The molecule has 0 spiro atoms. The first-order valence-corrected chi connectivity index (χ1v) is 23.3. The van der Waals surface area contributed by atoms with Crippen molar-refractivity contribution >= 4 is 21.6 Å². The summed E-state index contributed by atoms with van der Waals surface area (Å²) in [5, 5.41) is 34.0. The molecule has 0 aromatic heterocycles. The predicted octanol–water partition coefficient (Wildman–Crippen LogP) is 12.8. The minimum Gasteiger partial charge on any atom is -0.396 e. The summed E-state index contributed by atoms with van der Waals surface area (Å²) in [5.41, 5.74) is -1.11. The quantitative estimate of drug-likeness (QED) is 0.0376. The summed E-state index contributed by atoms with van der Waals surface area (Å²) in [5.74, 6) is 2.75. The first-order valence-electron chi connectivity index (χ1n) is 20.8. The van der Waals surface area contributed by atoms with Crippen molar-refractivity contribution in [2.75, 3.05) is 37.9 Å². The van der Waals surface area contributed by atoms with E-state index in [9.17, 15) is 0 Å². The molecule has 4 nitrogen and oxygen atoms in total. The van der Waals surface area contributed by atoms with E-state index in [1.807, 2.05) is 0 Å². The van der Waals surface area contributed by atoms with Crippen LogP contribution in [0.15, 0.2) is 0 Å². The van der Waals surface area contributed by atoms with Gasteiger partial charge in [-0.3, -0.25) is 0 Å². The molecule has 0 aliphatic carbocycles. The summed E-state index contributed by atoms with van der Waals surface area (Å²) >= 11 is 0. The molecular formula is C41H86O4S2. The molecule has 0 aromatic rings. The van der Waals surface area contributed by atoms with Gasteiger partial charge in [0.05, 0.1) is 31.8 Å². The van der Waals surface area contributed by atoms with Gasteiger partial charge in [-0.05, 0) is 12.8 Å². The lowest BCUT2D eigenvalue weighted by Gasteiger charge is -2.23. The number of aliphatic hydroxyl groups excluding tert-OH is 4. The lowest BCUT2D eigenvalue weighted by Crippen LogP contribution is -2.37. The normalized spacial score (nSPS) is 11.6. The van der Waals surface area contributed by atoms with Crippen LogP contribution in [0.2, 0.25) is 0 Å². The third kappa shape index (κ3) is 40.9. The molecule has 0 rings (SSSR count). The SMILES string of the molecule is CCCCCCCCCCCCCCCCCCSSCCCCCCCCCCCCCCCCCC.OCC(CO)(CO)CO. The van der Waals surface area contributed by atoms with E-state index >= 15 is 0 Å². The molecule has 0 aliphatic heterocycles. The fourth-order valence-electron chi connectivity index (χ4n) is 5.84. The standard InChI is InChI=1S/C36H74S2.C5H12O4/c1-3-5-7-9-11-13-15-17-19-21-23-25-27-29-31-33-35-37-38-36-34-32-30-28-26-24-22-20-18-16-14-12-10-8-6-4-2;6-1-5(2-7,3-8)4-9/h3-36H2,1-2H3;6-9H,1-4H2. The number of hydrogen-bond donors (Lipinski definition) is 4. The van der Waals surface area contributed by atoms with Crippen molar-refractivity contribution < 1.29 is 20.4 Å². The van der Waals surface area contributed by atoms with Crippen molar-refractivity contribution in [2.45, 2.75) is 219 Å². The second kappa shape index (κ2) is 44.6. The second-order valence-electron chi connectivity index (χ2n) is 14.4. The average Bonchev–Trinajstić information content (AvgIpc) is 3.10. The highest BCUT2D eigenvalue weighted by Gasteiger charge is 2.26. The van der Waals surface area contributed by atoms with E-state index < -0.39 is 31.8 Å². The Morgan fingerprint density at radius 2 is 0.447 bits per heavy atom. The van der Waals surface area contributed by atoms with E-state index in [0.717, 1.165) is 0 Å². The molecular weight excluding hydrogens is 621 g/mol. The smallest absolute Gasteiger partial charge is 0.0627 e. The third-order valence-electron chi connectivity index (χ3n) is 9.59. The van der Waals surface area contributed by atoms with Crippen molar-refractivity contribution in [2.24, 2.45) is 5.41 Å². The van der Waals surface area contributed by atoms with Crippen molar-refractivity contribution in [3.8, 4) is 0 Å². The van der Waals surface area contributed by atoms with E-state index in [0.29, 0.717) is 0 Å². The van der Waals surface area contributed by atoms with E-state index in [1.54, 1.807) is 0 Å². The Morgan fingerprint density at radius 1 is 0.277 bits per heavy atom. The van der Waals surface area contributed by atoms with Crippen LogP contribution in [-0.2, 0) is 0 Å². The van der Waals surface area contributed by atoms with Crippen LogP contribution in [0.3, 0.4) is 0 Å². The van der Waals surface area contributed by atoms with Gasteiger partial charge in [-0.1, -0.05) is 228 Å². The molecule has 0 unspecified atom stereocenters. The third-order valence-corrected chi connectivity index (χ3v) is 12.2. The van der Waals surface area contributed by atoms with Crippen LogP contribution in [0.4, 0.5) is 0 Å². The van der Waals surface area contributed by atoms with Crippen LogP contribution in [0.25, 0.3) is 0 Å². The van der Waals surface area contributed by atoms with Gasteiger partial charge in [0.2, 0.25) is 0 Å². The van der Waals surface area contributed by atoms with Gasteiger partial charge < -0.3 is 20.4 Å². The zero-order valence-corrected chi connectivity index (χ0v) is 33.6. The minimum absolute atomic E-state index is 0.406. The zero-order chi connectivity index (χ0) is 34.8. The van der Waals surface area contributed by atoms with Crippen LogP contribution in [0.5, 0.6) is 0 Å². The van der Waals surface area contributed by atoms with Crippen LogP contribution in [0.1, 0.15) is 219 Å². The van der Waals surface area contributed by atoms with E-state index in [-0.39, 0.29) is 0 Å². The van der Waals surface area contributed by atoms with Crippen LogP contribution in [0, 0.1) is 5.41 Å². The lowest BCUT2D eigenvalue weighted by atomic mass is 9.93. The van der Waals surface area contributed by atoms with Gasteiger partial charge in [0.1, 0.15) is 0 Å². The molecule has 0 amide bonds.